The first-order valence-corrected chi connectivity index (χ1v) is 7.05. The molecule has 6 heteroatoms. The largest absolute Gasteiger partial charge is 0.394 e. The number of aliphatic hydroxyl groups is 1. The first kappa shape index (κ1) is 15.2. The average Bonchev–Trinajstić information content (AvgIpc) is 3.04. The molecule has 0 unspecified atom stereocenters. The Labute approximate surface area is 123 Å². The zero-order valence-corrected chi connectivity index (χ0v) is 12.3. The average molecular weight is 288 g/mol. The van der Waals surface area contributed by atoms with Crippen molar-refractivity contribution in [1.29, 1.82) is 0 Å². The molecule has 112 valence electrons. The van der Waals surface area contributed by atoms with Gasteiger partial charge in [0.15, 0.2) is 5.69 Å². The normalized spacial score (nSPS) is 11.4. The molecule has 0 aliphatic rings. The number of carbonyl (C=O) groups is 1. The predicted octanol–water partition coefficient (Wildman–Crippen LogP) is 1.55. The van der Waals surface area contributed by atoms with E-state index >= 15 is 0 Å². The van der Waals surface area contributed by atoms with Gasteiger partial charge in [0, 0.05) is 0 Å². The highest BCUT2D eigenvalue weighted by Crippen LogP contribution is 2.15. The van der Waals surface area contributed by atoms with E-state index in [2.05, 4.69) is 15.6 Å². The molecule has 6 nitrogen and oxygen atoms in total. The molecule has 0 saturated heterocycles. The van der Waals surface area contributed by atoms with Gasteiger partial charge in [-0.2, -0.15) is 0 Å². The number of benzene rings is 1. The molecule has 0 aliphatic carbocycles. The molecule has 0 fully saturated rings. The van der Waals surface area contributed by atoms with Crippen LogP contribution >= 0.6 is 0 Å². The molecule has 1 heterocycles. The summed E-state index contributed by atoms with van der Waals surface area (Å²) in [6, 6.07) is 9.45. The van der Waals surface area contributed by atoms with Gasteiger partial charge in [0.05, 0.1) is 24.0 Å². The lowest BCUT2D eigenvalue weighted by Gasteiger charge is -2.30. The molecule has 1 aromatic carbocycles. The Bertz CT molecular complexity index is 582. The number of rotatable bonds is 6. The molecule has 0 bridgehead atoms. The Morgan fingerprint density at radius 3 is 2.52 bits per heavy atom. The third-order valence-electron chi connectivity index (χ3n) is 3.78. The molecular weight excluding hydrogens is 268 g/mol. The Kier molecular flexibility index (Phi) is 4.70. The summed E-state index contributed by atoms with van der Waals surface area (Å²) < 4.78 is 1.55. The lowest BCUT2D eigenvalue weighted by Crippen LogP contribution is -2.50. The van der Waals surface area contributed by atoms with Crippen LogP contribution < -0.4 is 5.32 Å². The predicted molar refractivity (Wildman–Crippen MR) is 79.2 cm³/mol. The van der Waals surface area contributed by atoms with Crippen molar-refractivity contribution in [1.82, 2.24) is 20.3 Å². The Balaban J connectivity index is 2.16. The van der Waals surface area contributed by atoms with Gasteiger partial charge in [-0.15, -0.1) is 5.10 Å². The third-order valence-corrected chi connectivity index (χ3v) is 3.78. The fourth-order valence-corrected chi connectivity index (χ4v) is 2.07. The van der Waals surface area contributed by atoms with Gasteiger partial charge in [-0.25, -0.2) is 4.68 Å². The minimum atomic E-state index is -0.604. The Morgan fingerprint density at radius 2 is 1.95 bits per heavy atom. The van der Waals surface area contributed by atoms with E-state index in [-0.39, 0.29) is 18.2 Å². The SMILES string of the molecule is CCC(CC)(CO)NC(=O)c1cn(-c2ccccc2)nn1. The van der Waals surface area contributed by atoms with E-state index < -0.39 is 5.54 Å². The standard InChI is InChI=1S/C15H20N4O2/c1-3-15(4-2,11-20)16-14(21)13-10-19(18-17-13)12-8-6-5-7-9-12/h5-10,20H,3-4,11H2,1-2H3,(H,16,21). The molecule has 0 atom stereocenters. The van der Waals surface area contributed by atoms with Crippen molar-refractivity contribution in [3.05, 3.63) is 42.2 Å². The second-order valence-corrected chi connectivity index (χ2v) is 4.98. The second kappa shape index (κ2) is 6.49. The van der Waals surface area contributed by atoms with Gasteiger partial charge >= 0.3 is 0 Å². The topological polar surface area (TPSA) is 80.0 Å². The fraction of sp³-hybridized carbons (Fsp3) is 0.400. The number of hydrogen-bond donors (Lipinski definition) is 2. The molecule has 1 amide bonds. The van der Waals surface area contributed by atoms with Crippen molar-refractivity contribution in [3.63, 3.8) is 0 Å². The van der Waals surface area contributed by atoms with E-state index in [4.69, 9.17) is 0 Å². The smallest absolute Gasteiger partial charge is 0.273 e. The summed E-state index contributed by atoms with van der Waals surface area (Å²) in [4.78, 5) is 12.2. The quantitative estimate of drug-likeness (QED) is 0.845. The maximum Gasteiger partial charge on any atom is 0.273 e. The summed E-state index contributed by atoms with van der Waals surface area (Å²) in [5.74, 6) is -0.324. The molecule has 0 radical (unpaired) electrons. The van der Waals surface area contributed by atoms with E-state index in [1.54, 1.807) is 10.9 Å². The lowest BCUT2D eigenvalue weighted by atomic mass is 9.94. The first-order chi connectivity index (χ1) is 10.1. The number of nitrogens with zero attached hydrogens (tertiary/aromatic N) is 3. The molecule has 21 heavy (non-hydrogen) atoms. The lowest BCUT2D eigenvalue weighted by molar-refractivity contribution is 0.0812. The van der Waals surface area contributed by atoms with E-state index in [1.807, 2.05) is 44.2 Å². The highest BCUT2D eigenvalue weighted by molar-refractivity contribution is 5.92. The van der Waals surface area contributed by atoms with Gasteiger partial charge in [-0.05, 0) is 25.0 Å². The highest BCUT2D eigenvalue weighted by atomic mass is 16.3. The zero-order valence-electron chi connectivity index (χ0n) is 12.3. The van der Waals surface area contributed by atoms with Crippen molar-refractivity contribution in [2.45, 2.75) is 32.2 Å². The molecule has 1 aromatic heterocycles. The number of para-hydroxylation sites is 1. The molecule has 0 saturated carbocycles. The number of amides is 1. The summed E-state index contributed by atoms with van der Waals surface area (Å²) >= 11 is 0. The number of carbonyl (C=O) groups excluding carboxylic acids is 1. The first-order valence-electron chi connectivity index (χ1n) is 7.05. The van der Waals surface area contributed by atoms with Crippen LogP contribution in [0.15, 0.2) is 36.5 Å². The highest BCUT2D eigenvalue weighted by Gasteiger charge is 2.28. The van der Waals surface area contributed by atoms with Crippen LogP contribution in [0.2, 0.25) is 0 Å². The number of hydrogen-bond acceptors (Lipinski definition) is 4. The van der Waals surface area contributed by atoms with Crippen LogP contribution in [0, 0.1) is 0 Å². The Hall–Kier alpha value is -2.21. The summed E-state index contributed by atoms with van der Waals surface area (Å²) in [7, 11) is 0. The van der Waals surface area contributed by atoms with Crippen molar-refractivity contribution < 1.29 is 9.90 Å². The second-order valence-electron chi connectivity index (χ2n) is 4.98. The molecule has 0 spiro atoms. The van der Waals surface area contributed by atoms with E-state index in [9.17, 15) is 9.90 Å². The van der Waals surface area contributed by atoms with Crippen molar-refractivity contribution >= 4 is 5.91 Å². The van der Waals surface area contributed by atoms with Gasteiger partial charge in [0.25, 0.3) is 5.91 Å². The minimum Gasteiger partial charge on any atom is -0.394 e. The van der Waals surface area contributed by atoms with E-state index in [0.717, 1.165) is 5.69 Å². The molecule has 2 N–H and O–H groups in total. The number of nitrogens with one attached hydrogen (secondary N) is 1. The van der Waals surface area contributed by atoms with Gasteiger partial charge in [-0.3, -0.25) is 4.79 Å². The molecular formula is C15H20N4O2. The van der Waals surface area contributed by atoms with Crippen LogP contribution in [-0.2, 0) is 0 Å². The van der Waals surface area contributed by atoms with Gasteiger partial charge < -0.3 is 10.4 Å². The number of aliphatic hydroxyl groups excluding tert-OH is 1. The molecule has 0 aliphatic heterocycles. The summed E-state index contributed by atoms with van der Waals surface area (Å²) in [5.41, 5.74) is 0.468. The van der Waals surface area contributed by atoms with E-state index in [0.29, 0.717) is 12.8 Å². The van der Waals surface area contributed by atoms with Crippen LogP contribution in [0.1, 0.15) is 37.2 Å². The maximum absolute atomic E-state index is 12.2. The maximum atomic E-state index is 12.2. The van der Waals surface area contributed by atoms with Crippen molar-refractivity contribution in [2.75, 3.05) is 6.61 Å². The van der Waals surface area contributed by atoms with Gasteiger partial charge in [-0.1, -0.05) is 37.3 Å². The molecule has 2 aromatic rings. The van der Waals surface area contributed by atoms with Crippen LogP contribution in [-0.4, -0.2) is 38.2 Å². The van der Waals surface area contributed by atoms with Crippen molar-refractivity contribution in [3.8, 4) is 5.69 Å². The van der Waals surface area contributed by atoms with Gasteiger partial charge in [0.1, 0.15) is 0 Å². The zero-order chi connectivity index (χ0) is 15.3. The summed E-state index contributed by atoms with van der Waals surface area (Å²) in [6.45, 7) is 3.76. The van der Waals surface area contributed by atoms with Crippen LogP contribution in [0.25, 0.3) is 5.69 Å². The summed E-state index contributed by atoms with van der Waals surface area (Å²) in [5, 5.41) is 20.2. The van der Waals surface area contributed by atoms with Crippen LogP contribution in [0.5, 0.6) is 0 Å². The minimum absolute atomic E-state index is 0.0986. The van der Waals surface area contributed by atoms with Crippen LogP contribution in [0.3, 0.4) is 0 Å². The number of aromatic nitrogens is 3. The van der Waals surface area contributed by atoms with E-state index in [1.165, 1.54) is 0 Å². The van der Waals surface area contributed by atoms with Crippen molar-refractivity contribution in [2.24, 2.45) is 0 Å². The third kappa shape index (κ3) is 3.28. The monoisotopic (exact) mass is 288 g/mol. The van der Waals surface area contributed by atoms with Gasteiger partial charge in [0.2, 0.25) is 0 Å². The summed E-state index contributed by atoms with van der Waals surface area (Å²) in [6.07, 6.45) is 2.88. The molecule has 2 rings (SSSR count). The fourth-order valence-electron chi connectivity index (χ4n) is 2.07. The Morgan fingerprint density at radius 1 is 1.29 bits per heavy atom. The van der Waals surface area contributed by atoms with Crippen LogP contribution in [0.4, 0.5) is 0 Å².